The fourth-order valence-electron chi connectivity index (χ4n) is 0. The maximum atomic E-state index is 8.88. The Hall–Kier alpha value is 2.63. The topological polar surface area (TPSA) is 77.8 Å². The zero-order valence-electron chi connectivity index (χ0n) is 2.55. The van der Waals surface area contributed by atoms with E-state index in [1.807, 2.05) is 0 Å². The van der Waals surface area contributed by atoms with Crippen molar-refractivity contribution in [3.8, 4) is 0 Å². The van der Waals surface area contributed by atoms with Crippen LogP contribution < -0.4 is 0 Å². The molecule has 0 radical (unpaired) electrons. The molecule has 0 aromatic carbocycles. The van der Waals surface area contributed by atoms with E-state index in [0.29, 0.717) is 0 Å². The Labute approximate surface area is 102 Å². The van der Waals surface area contributed by atoms with Crippen LogP contribution in [-0.4, -0.2) is 73.8 Å². The van der Waals surface area contributed by atoms with Gasteiger partial charge in [-0.25, -0.2) is 4.57 Å². The maximum absolute atomic E-state index is 8.88. The van der Waals surface area contributed by atoms with Crippen molar-refractivity contribution in [3.05, 3.63) is 0 Å². The molecule has 0 rings (SSSR count). The zero-order valence-corrected chi connectivity index (χ0v) is 4.55. The molecular weight excluding hydrogens is 197 g/mol. The molecule has 8 heavy (non-hydrogen) atoms. The van der Waals surface area contributed by atoms with Crippen molar-refractivity contribution >= 4 is 66.9 Å². The molecule has 0 aromatic rings. The van der Waals surface area contributed by atoms with Crippen molar-refractivity contribution in [1.82, 2.24) is 0 Å². The van der Waals surface area contributed by atoms with E-state index in [2.05, 4.69) is 0 Å². The predicted molar refractivity (Wildman–Crippen MR) is 28.6 cm³/mol. The van der Waals surface area contributed by atoms with Crippen LogP contribution in [0.15, 0.2) is 0 Å². The summed E-state index contributed by atoms with van der Waals surface area (Å²) in [6.45, 7) is 0. The summed E-state index contributed by atoms with van der Waals surface area (Å²) in [6, 6.07) is 0. The molecule has 0 unspecified atom stereocenters. The van der Waals surface area contributed by atoms with E-state index >= 15 is 0 Å². The van der Waals surface area contributed by atoms with Gasteiger partial charge in [0.05, 0.1) is 0 Å². The molecule has 0 atom stereocenters. The first-order valence-electron chi connectivity index (χ1n) is 0.783. The van der Waals surface area contributed by atoms with Gasteiger partial charge in [-0.3, -0.25) is 0 Å². The van der Waals surface area contributed by atoms with Gasteiger partial charge in [0, 0.05) is 17.1 Å². The molecule has 0 fully saturated rings. The average Bonchev–Trinajstić information content (AvgIpc) is 0.722. The Kier molecular flexibility index (Phi) is 27.0. The molecule has 8 heteroatoms. The van der Waals surface area contributed by atoms with Gasteiger partial charge in [0.15, 0.2) is 0 Å². The molecule has 0 spiro atoms. The second kappa shape index (κ2) is 9.63. The average molecular weight is 202 g/mol. The summed E-state index contributed by atoms with van der Waals surface area (Å²) < 4.78 is 8.88. The van der Waals surface area contributed by atoms with Crippen LogP contribution in [0.1, 0.15) is 0 Å². The van der Waals surface area contributed by atoms with Gasteiger partial charge in [-0.2, -0.15) is 0 Å². The fourth-order valence-corrected chi connectivity index (χ4v) is 0. The number of phosphoric acid groups is 1. The zero-order chi connectivity index (χ0) is 4.50. The molecule has 4 nitrogen and oxygen atoms in total. The molecule has 0 aromatic heterocycles. The molecule has 0 heterocycles. The minimum atomic E-state index is -4.64. The van der Waals surface area contributed by atoms with Crippen molar-refractivity contribution in [1.29, 1.82) is 0 Å². The number of rotatable bonds is 0. The Bertz CT molecular complexity index is 60.2. The van der Waals surface area contributed by atoms with E-state index in [0.717, 1.165) is 0 Å². The van der Waals surface area contributed by atoms with Crippen LogP contribution in [0.5, 0.6) is 0 Å². The van der Waals surface area contributed by atoms with Crippen molar-refractivity contribution < 1.29 is 36.3 Å². The summed E-state index contributed by atoms with van der Waals surface area (Å²) in [5.74, 6) is 0. The molecule has 3 N–H and O–H groups in total. The van der Waals surface area contributed by atoms with E-state index in [1.165, 1.54) is 0 Å². The molecular formula is H5FeNa2O4P. The van der Waals surface area contributed by atoms with Gasteiger partial charge in [-0.1, -0.05) is 0 Å². The Balaban J connectivity index is -0.0000000267. The fraction of sp³-hybridized carbons (Fsp3) is 0. The third-order valence-electron chi connectivity index (χ3n) is 0. The molecule has 0 amide bonds. The van der Waals surface area contributed by atoms with Crippen LogP contribution in [0.2, 0.25) is 0 Å². The van der Waals surface area contributed by atoms with E-state index in [4.69, 9.17) is 19.2 Å². The van der Waals surface area contributed by atoms with Crippen molar-refractivity contribution in [2.45, 2.75) is 0 Å². The summed E-state index contributed by atoms with van der Waals surface area (Å²) in [6.07, 6.45) is 0. The number of hydrogen-bond donors (Lipinski definition) is 3. The van der Waals surface area contributed by atoms with Gasteiger partial charge in [0.2, 0.25) is 0 Å². The van der Waals surface area contributed by atoms with E-state index < -0.39 is 7.82 Å². The van der Waals surface area contributed by atoms with Crippen LogP contribution in [-0.2, 0) is 21.6 Å². The number of hydrogen-bond acceptors (Lipinski definition) is 1. The van der Waals surface area contributed by atoms with Crippen LogP contribution in [0.3, 0.4) is 0 Å². The Morgan fingerprint density at radius 3 is 1.00 bits per heavy atom. The summed E-state index contributed by atoms with van der Waals surface area (Å²) in [4.78, 5) is 21.6. The van der Waals surface area contributed by atoms with Gasteiger partial charge in [0.25, 0.3) is 0 Å². The Morgan fingerprint density at radius 1 is 1.00 bits per heavy atom. The third kappa shape index (κ3) is 72.6. The van der Waals surface area contributed by atoms with Crippen LogP contribution in [0, 0.1) is 0 Å². The van der Waals surface area contributed by atoms with E-state index in [-0.39, 0.29) is 76.2 Å². The second-order valence-corrected chi connectivity index (χ2v) is 1.54. The molecule has 0 saturated carbocycles. The van der Waals surface area contributed by atoms with Crippen molar-refractivity contribution in [3.63, 3.8) is 0 Å². The third-order valence-corrected chi connectivity index (χ3v) is 0. The summed E-state index contributed by atoms with van der Waals surface area (Å²) in [7, 11) is -4.64. The first-order chi connectivity index (χ1) is 2.00. The van der Waals surface area contributed by atoms with Crippen molar-refractivity contribution in [2.75, 3.05) is 0 Å². The van der Waals surface area contributed by atoms with Gasteiger partial charge in [0.1, 0.15) is 0 Å². The first-order valence-corrected chi connectivity index (χ1v) is 2.35. The standard InChI is InChI=1S/Fe.2Na.H3O4P.2H/c;;;1-5(2,3)4;;/h;;;(H3,1,2,3,4);;. The van der Waals surface area contributed by atoms with Gasteiger partial charge in [-0.05, 0) is 0 Å². The van der Waals surface area contributed by atoms with Gasteiger partial charge < -0.3 is 14.7 Å². The van der Waals surface area contributed by atoms with Crippen LogP contribution in [0.25, 0.3) is 0 Å². The summed E-state index contributed by atoms with van der Waals surface area (Å²) >= 11 is 0. The molecule has 0 saturated heterocycles. The van der Waals surface area contributed by atoms with E-state index in [9.17, 15) is 0 Å². The monoisotopic (exact) mass is 202 g/mol. The van der Waals surface area contributed by atoms with Crippen molar-refractivity contribution in [2.24, 2.45) is 0 Å². The molecule has 0 bridgehead atoms. The SMILES string of the molecule is O=P(O)(O)O.[Fe].[NaH].[NaH]. The van der Waals surface area contributed by atoms with Gasteiger partial charge in [-0.15, -0.1) is 0 Å². The first kappa shape index (κ1) is 22.4. The van der Waals surface area contributed by atoms with Gasteiger partial charge >= 0.3 is 66.9 Å². The molecule has 0 aliphatic carbocycles. The molecule has 0 aliphatic heterocycles. The minimum absolute atomic E-state index is 0. The summed E-state index contributed by atoms with van der Waals surface area (Å²) in [5.41, 5.74) is 0. The predicted octanol–water partition coefficient (Wildman–Crippen LogP) is -2.23. The Morgan fingerprint density at radius 2 is 1.00 bits per heavy atom. The quantitative estimate of drug-likeness (QED) is 0.307. The van der Waals surface area contributed by atoms with Crippen LogP contribution in [0.4, 0.5) is 0 Å². The van der Waals surface area contributed by atoms with Crippen LogP contribution >= 0.6 is 7.82 Å². The normalized spacial score (nSPS) is 7.38. The molecule has 44 valence electrons. The second-order valence-electron chi connectivity index (χ2n) is 0.513. The van der Waals surface area contributed by atoms with E-state index in [1.54, 1.807) is 0 Å². The summed E-state index contributed by atoms with van der Waals surface area (Å²) in [5, 5.41) is 0. The molecule has 0 aliphatic rings.